The fraction of sp³-hybridized carbons (Fsp3) is 0.308. The predicted molar refractivity (Wildman–Crippen MR) is 75.5 cm³/mol. The average Bonchev–Trinajstić information content (AvgIpc) is 2.63. The Hall–Kier alpha value is -1.91. The van der Waals surface area contributed by atoms with Crippen molar-refractivity contribution in [3.63, 3.8) is 0 Å². The lowest BCUT2D eigenvalue weighted by molar-refractivity contribution is 0.537. The van der Waals surface area contributed by atoms with Crippen molar-refractivity contribution in [3.8, 4) is 0 Å². The first-order chi connectivity index (χ1) is 8.48. The van der Waals surface area contributed by atoms with Crippen LogP contribution in [0.1, 0.15) is 26.6 Å². The summed E-state index contributed by atoms with van der Waals surface area (Å²) in [6, 6.07) is 8.18. The number of hydrogen-bond donors (Lipinski definition) is 0. The Bertz CT molecular complexity index is 740. The summed E-state index contributed by atoms with van der Waals surface area (Å²) in [6.07, 6.45) is 0. The molecule has 0 aliphatic rings. The fourth-order valence-electron chi connectivity index (χ4n) is 2.12. The fourth-order valence-corrected chi connectivity index (χ4v) is 2.12. The van der Waals surface area contributed by atoms with Gasteiger partial charge in [0.15, 0.2) is 11.5 Å². The van der Waals surface area contributed by atoms with Crippen LogP contribution in [-0.4, -0.2) is 27.6 Å². The van der Waals surface area contributed by atoms with Crippen molar-refractivity contribution in [1.29, 1.82) is 0 Å². The lowest BCUT2D eigenvalue weighted by atomic mass is 9.96. The molecule has 0 radical (unpaired) electrons. The van der Waals surface area contributed by atoms with Crippen LogP contribution in [0.4, 0.5) is 0 Å². The standard InChI is InChI=1S/C13H15BN4/c1-13(2,3)12-15-11-10(16-17-12)8-6-4-5-7-9(8)18(11)14/h4-7H,14H2,1-3H3. The zero-order valence-corrected chi connectivity index (χ0v) is 11.1. The van der Waals surface area contributed by atoms with E-state index >= 15 is 0 Å². The molecule has 2 aromatic heterocycles. The molecule has 1 aromatic carbocycles. The lowest BCUT2D eigenvalue weighted by Crippen LogP contribution is -2.17. The Kier molecular flexibility index (Phi) is 2.20. The zero-order chi connectivity index (χ0) is 12.9. The Balaban J connectivity index is 2.42. The van der Waals surface area contributed by atoms with Gasteiger partial charge in [-0.05, 0) is 6.07 Å². The molecule has 18 heavy (non-hydrogen) atoms. The van der Waals surface area contributed by atoms with Crippen LogP contribution in [0.15, 0.2) is 24.3 Å². The first-order valence-corrected chi connectivity index (χ1v) is 6.07. The number of aromatic nitrogens is 4. The number of para-hydroxylation sites is 1. The molecule has 0 atom stereocenters. The van der Waals surface area contributed by atoms with Crippen molar-refractivity contribution in [1.82, 2.24) is 19.7 Å². The Labute approximate surface area is 106 Å². The van der Waals surface area contributed by atoms with Gasteiger partial charge in [-0.15, -0.1) is 10.2 Å². The van der Waals surface area contributed by atoms with E-state index in [9.17, 15) is 0 Å². The van der Waals surface area contributed by atoms with E-state index in [4.69, 9.17) is 0 Å². The summed E-state index contributed by atoms with van der Waals surface area (Å²) in [5.41, 5.74) is 2.83. The quantitative estimate of drug-likeness (QED) is 0.559. The van der Waals surface area contributed by atoms with Crippen LogP contribution in [0.2, 0.25) is 0 Å². The minimum Gasteiger partial charge on any atom is -0.376 e. The Morgan fingerprint density at radius 2 is 1.83 bits per heavy atom. The van der Waals surface area contributed by atoms with Gasteiger partial charge in [0.05, 0.1) is 0 Å². The second-order valence-corrected chi connectivity index (χ2v) is 5.63. The molecule has 90 valence electrons. The largest absolute Gasteiger partial charge is 0.376 e. The van der Waals surface area contributed by atoms with Crippen molar-refractivity contribution in [2.24, 2.45) is 0 Å². The smallest absolute Gasteiger partial charge is 0.225 e. The summed E-state index contributed by atoms with van der Waals surface area (Å²) in [5.74, 6) is 0.779. The van der Waals surface area contributed by atoms with E-state index in [1.807, 2.05) is 20.1 Å². The molecule has 3 rings (SSSR count). The van der Waals surface area contributed by atoms with Crippen LogP contribution in [0.5, 0.6) is 0 Å². The molecule has 0 unspecified atom stereocenters. The average molecular weight is 238 g/mol. The number of nitrogens with zero attached hydrogens (tertiary/aromatic N) is 4. The molecule has 2 heterocycles. The lowest BCUT2D eigenvalue weighted by Gasteiger charge is -2.15. The summed E-state index contributed by atoms with van der Waals surface area (Å²) >= 11 is 0. The van der Waals surface area contributed by atoms with E-state index in [2.05, 4.69) is 52.6 Å². The first-order valence-electron chi connectivity index (χ1n) is 6.07. The number of rotatable bonds is 0. The molecule has 0 bridgehead atoms. The van der Waals surface area contributed by atoms with Crippen LogP contribution in [0.3, 0.4) is 0 Å². The molecule has 0 saturated heterocycles. The van der Waals surface area contributed by atoms with Crippen molar-refractivity contribution < 1.29 is 0 Å². The van der Waals surface area contributed by atoms with Gasteiger partial charge < -0.3 is 4.48 Å². The highest BCUT2D eigenvalue weighted by atomic mass is 15.2. The molecule has 0 aliphatic carbocycles. The van der Waals surface area contributed by atoms with Gasteiger partial charge in [-0.25, -0.2) is 4.98 Å². The summed E-state index contributed by atoms with van der Waals surface area (Å²) in [7, 11) is 2.02. The van der Waals surface area contributed by atoms with E-state index in [1.165, 1.54) is 0 Å². The van der Waals surface area contributed by atoms with Crippen molar-refractivity contribution in [3.05, 3.63) is 30.1 Å². The van der Waals surface area contributed by atoms with Gasteiger partial charge in [-0.1, -0.05) is 39.0 Å². The second kappa shape index (κ2) is 3.54. The van der Waals surface area contributed by atoms with Gasteiger partial charge in [0, 0.05) is 16.3 Å². The maximum absolute atomic E-state index is 4.67. The minimum atomic E-state index is -0.0857. The SMILES string of the molecule is Bn1c2ccccc2c2nnc(C(C)(C)C)nc21. The molecule has 0 amide bonds. The summed E-state index contributed by atoms with van der Waals surface area (Å²) in [6.45, 7) is 6.29. The zero-order valence-electron chi connectivity index (χ0n) is 11.1. The third kappa shape index (κ3) is 1.50. The molecule has 0 fully saturated rings. The molecule has 4 nitrogen and oxygen atoms in total. The number of hydrogen-bond acceptors (Lipinski definition) is 3. The van der Waals surface area contributed by atoms with Gasteiger partial charge in [-0.2, -0.15) is 0 Å². The Morgan fingerprint density at radius 3 is 2.56 bits per heavy atom. The summed E-state index contributed by atoms with van der Waals surface area (Å²) < 4.78 is 2.08. The van der Waals surface area contributed by atoms with Crippen molar-refractivity contribution in [2.45, 2.75) is 26.2 Å². The highest BCUT2D eigenvalue weighted by Crippen LogP contribution is 2.26. The van der Waals surface area contributed by atoms with Crippen molar-refractivity contribution >= 4 is 30.0 Å². The minimum absolute atomic E-state index is 0.0857. The second-order valence-electron chi connectivity index (χ2n) is 5.63. The van der Waals surface area contributed by atoms with Crippen LogP contribution in [0.25, 0.3) is 22.1 Å². The molecule has 3 aromatic rings. The van der Waals surface area contributed by atoms with E-state index in [0.29, 0.717) is 0 Å². The van der Waals surface area contributed by atoms with Crippen LogP contribution in [-0.2, 0) is 5.41 Å². The molecule has 0 N–H and O–H groups in total. The van der Waals surface area contributed by atoms with E-state index in [1.54, 1.807) is 0 Å². The normalized spacial score (nSPS) is 12.4. The van der Waals surface area contributed by atoms with E-state index in [0.717, 1.165) is 27.9 Å². The molecule has 0 aliphatic heterocycles. The van der Waals surface area contributed by atoms with Crippen LogP contribution >= 0.6 is 0 Å². The molecule has 0 spiro atoms. The van der Waals surface area contributed by atoms with E-state index in [-0.39, 0.29) is 5.41 Å². The van der Waals surface area contributed by atoms with Crippen LogP contribution in [0, 0.1) is 0 Å². The number of benzene rings is 1. The van der Waals surface area contributed by atoms with Gasteiger partial charge in [0.25, 0.3) is 0 Å². The monoisotopic (exact) mass is 238 g/mol. The molecular formula is C13H15BN4. The third-order valence-corrected chi connectivity index (χ3v) is 3.18. The summed E-state index contributed by atoms with van der Waals surface area (Å²) in [4.78, 5) is 4.67. The first kappa shape index (κ1) is 11.2. The topological polar surface area (TPSA) is 43.6 Å². The number of fused-ring (bicyclic) bond motifs is 3. The van der Waals surface area contributed by atoms with Gasteiger partial charge in [0.2, 0.25) is 7.98 Å². The highest BCUT2D eigenvalue weighted by Gasteiger charge is 2.20. The molecule has 0 saturated carbocycles. The van der Waals surface area contributed by atoms with E-state index < -0.39 is 0 Å². The summed E-state index contributed by atoms with van der Waals surface area (Å²) in [5, 5.41) is 9.74. The molecular weight excluding hydrogens is 223 g/mol. The predicted octanol–water partition coefficient (Wildman–Crippen LogP) is 1.67. The van der Waals surface area contributed by atoms with Crippen LogP contribution < -0.4 is 0 Å². The van der Waals surface area contributed by atoms with Gasteiger partial charge >= 0.3 is 0 Å². The highest BCUT2D eigenvalue weighted by molar-refractivity contribution is 6.19. The molecule has 5 heteroatoms. The Morgan fingerprint density at radius 1 is 1.11 bits per heavy atom. The van der Waals surface area contributed by atoms with Gasteiger partial charge in [-0.3, -0.25) is 0 Å². The maximum Gasteiger partial charge on any atom is 0.225 e. The maximum atomic E-state index is 4.67. The van der Waals surface area contributed by atoms with Crippen molar-refractivity contribution in [2.75, 3.05) is 0 Å². The van der Waals surface area contributed by atoms with Gasteiger partial charge in [0.1, 0.15) is 5.52 Å². The third-order valence-electron chi connectivity index (χ3n) is 3.18.